The molecule has 0 saturated carbocycles. The number of ether oxygens (including phenoxy) is 2. The van der Waals surface area contributed by atoms with Crippen LogP contribution in [-0.4, -0.2) is 36.1 Å². The lowest BCUT2D eigenvalue weighted by atomic mass is 9.87. The number of hydrogen-bond donors (Lipinski definition) is 1. The minimum atomic E-state index is 0.153. The maximum Gasteiger partial charge on any atom is 0.119 e. The van der Waals surface area contributed by atoms with E-state index in [1.165, 1.54) is 29.7 Å². The molecule has 1 aliphatic heterocycles. The van der Waals surface area contributed by atoms with Gasteiger partial charge in [-0.2, -0.15) is 5.10 Å². The standard InChI is InChI=1S/C21H29N3O2/c1-24-20(9-10-23-24)21-16(4-3-11-26-21)14-22-18-7-5-15-6-8-19(25-2)13-17(15)12-18/h6,8-10,13,16,18,21-22H,3-5,7,11-12,14H2,1-2H3/t16-,18?,21+/m0/s1. The van der Waals surface area contributed by atoms with Crippen molar-refractivity contribution < 1.29 is 9.47 Å². The Kier molecular flexibility index (Phi) is 5.27. The third kappa shape index (κ3) is 3.64. The van der Waals surface area contributed by atoms with Gasteiger partial charge in [-0.3, -0.25) is 4.68 Å². The highest BCUT2D eigenvalue weighted by Gasteiger charge is 2.30. The molecule has 5 heteroatoms. The van der Waals surface area contributed by atoms with Gasteiger partial charge < -0.3 is 14.8 Å². The molecule has 1 aromatic heterocycles. The van der Waals surface area contributed by atoms with Gasteiger partial charge in [0.05, 0.1) is 12.8 Å². The number of nitrogens with one attached hydrogen (secondary N) is 1. The van der Waals surface area contributed by atoms with Crippen LogP contribution in [0.3, 0.4) is 0 Å². The summed E-state index contributed by atoms with van der Waals surface area (Å²) in [6.45, 7) is 1.85. The summed E-state index contributed by atoms with van der Waals surface area (Å²) in [6, 6.07) is 9.11. The summed E-state index contributed by atoms with van der Waals surface area (Å²) >= 11 is 0. The Morgan fingerprint density at radius 1 is 1.27 bits per heavy atom. The molecule has 2 aliphatic rings. The molecule has 1 saturated heterocycles. The highest BCUT2D eigenvalue weighted by Crippen LogP contribution is 2.33. The monoisotopic (exact) mass is 355 g/mol. The summed E-state index contributed by atoms with van der Waals surface area (Å²) in [5.41, 5.74) is 4.09. The van der Waals surface area contributed by atoms with E-state index >= 15 is 0 Å². The van der Waals surface area contributed by atoms with Gasteiger partial charge in [0.25, 0.3) is 0 Å². The number of benzene rings is 1. The molecule has 0 radical (unpaired) electrons. The van der Waals surface area contributed by atoms with Crippen LogP contribution in [0.5, 0.6) is 5.75 Å². The topological polar surface area (TPSA) is 48.3 Å². The van der Waals surface area contributed by atoms with E-state index in [1.54, 1.807) is 7.11 Å². The van der Waals surface area contributed by atoms with Gasteiger partial charge in [-0.1, -0.05) is 6.07 Å². The molecule has 1 fully saturated rings. The summed E-state index contributed by atoms with van der Waals surface area (Å²) in [7, 11) is 3.74. The number of rotatable bonds is 5. The van der Waals surface area contributed by atoms with E-state index < -0.39 is 0 Å². The van der Waals surface area contributed by atoms with Gasteiger partial charge in [0.2, 0.25) is 0 Å². The van der Waals surface area contributed by atoms with Crippen molar-refractivity contribution in [2.45, 2.75) is 44.2 Å². The van der Waals surface area contributed by atoms with Crippen molar-refractivity contribution in [3.63, 3.8) is 0 Å². The quantitative estimate of drug-likeness (QED) is 0.896. The van der Waals surface area contributed by atoms with E-state index in [-0.39, 0.29) is 6.10 Å². The van der Waals surface area contributed by atoms with Crippen LogP contribution < -0.4 is 10.1 Å². The van der Waals surface area contributed by atoms with Crippen LogP contribution in [0, 0.1) is 5.92 Å². The molecule has 0 amide bonds. The van der Waals surface area contributed by atoms with E-state index in [2.05, 4.69) is 34.7 Å². The molecule has 5 nitrogen and oxygen atoms in total. The molecular weight excluding hydrogens is 326 g/mol. The minimum Gasteiger partial charge on any atom is -0.497 e. The van der Waals surface area contributed by atoms with Gasteiger partial charge in [0.15, 0.2) is 0 Å². The smallest absolute Gasteiger partial charge is 0.119 e. The SMILES string of the molecule is COc1ccc2c(c1)CC(NC[C@@H]1CCCO[C@H]1c1ccnn1C)CC2. The Labute approximate surface area is 155 Å². The number of aryl methyl sites for hydroxylation is 2. The highest BCUT2D eigenvalue weighted by atomic mass is 16.5. The Hall–Kier alpha value is -1.85. The molecule has 2 aromatic rings. The van der Waals surface area contributed by atoms with E-state index in [0.717, 1.165) is 38.2 Å². The van der Waals surface area contributed by atoms with Crippen molar-refractivity contribution in [3.05, 3.63) is 47.3 Å². The lowest BCUT2D eigenvalue weighted by molar-refractivity contribution is -0.0330. The first-order valence-electron chi connectivity index (χ1n) is 9.73. The average molecular weight is 355 g/mol. The van der Waals surface area contributed by atoms with Gasteiger partial charge in [-0.25, -0.2) is 0 Å². The minimum absolute atomic E-state index is 0.153. The molecule has 0 bridgehead atoms. The van der Waals surface area contributed by atoms with Crippen LogP contribution >= 0.6 is 0 Å². The van der Waals surface area contributed by atoms with Gasteiger partial charge in [-0.05, 0) is 61.4 Å². The summed E-state index contributed by atoms with van der Waals surface area (Å²) < 4.78 is 13.5. The predicted molar refractivity (Wildman–Crippen MR) is 101 cm³/mol. The molecule has 140 valence electrons. The molecule has 1 N–H and O–H groups in total. The first-order chi connectivity index (χ1) is 12.7. The molecular formula is C21H29N3O2. The second kappa shape index (κ2) is 7.80. The Morgan fingerprint density at radius 3 is 3.00 bits per heavy atom. The zero-order valence-corrected chi connectivity index (χ0v) is 15.8. The van der Waals surface area contributed by atoms with Crippen molar-refractivity contribution in [1.82, 2.24) is 15.1 Å². The van der Waals surface area contributed by atoms with Crippen molar-refractivity contribution >= 4 is 0 Å². The molecule has 3 atom stereocenters. The first-order valence-corrected chi connectivity index (χ1v) is 9.73. The molecule has 1 unspecified atom stereocenters. The van der Waals surface area contributed by atoms with Crippen LogP contribution in [-0.2, 0) is 24.6 Å². The number of methoxy groups -OCH3 is 1. The number of nitrogens with zero attached hydrogens (tertiary/aromatic N) is 2. The van der Waals surface area contributed by atoms with Crippen molar-refractivity contribution in [1.29, 1.82) is 0 Å². The zero-order valence-electron chi connectivity index (χ0n) is 15.8. The zero-order chi connectivity index (χ0) is 17.9. The Bertz CT molecular complexity index is 743. The van der Waals surface area contributed by atoms with Crippen molar-refractivity contribution in [2.75, 3.05) is 20.3 Å². The van der Waals surface area contributed by atoms with Crippen LogP contribution in [0.4, 0.5) is 0 Å². The summed E-state index contributed by atoms with van der Waals surface area (Å²) in [5, 5.41) is 8.15. The molecule has 0 spiro atoms. The Balaban J connectivity index is 1.39. The van der Waals surface area contributed by atoms with Crippen LogP contribution in [0.25, 0.3) is 0 Å². The highest BCUT2D eigenvalue weighted by molar-refractivity contribution is 5.37. The predicted octanol–water partition coefficient (Wildman–Crippen LogP) is 3.04. The third-order valence-corrected chi connectivity index (χ3v) is 5.91. The molecule has 1 aliphatic carbocycles. The second-order valence-electron chi connectivity index (χ2n) is 7.56. The van der Waals surface area contributed by atoms with Gasteiger partial charge >= 0.3 is 0 Å². The largest absolute Gasteiger partial charge is 0.497 e. The third-order valence-electron chi connectivity index (χ3n) is 5.91. The Morgan fingerprint density at radius 2 is 2.19 bits per heavy atom. The molecule has 26 heavy (non-hydrogen) atoms. The van der Waals surface area contributed by atoms with E-state index in [1.807, 2.05) is 17.9 Å². The second-order valence-corrected chi connectivity index (χ2v) is 7.56. The van der Waals surface area contributed by atoms with Gasteiger partial charge in [0, 0.05) is 38.4 Å². The van der Waals surface area contributed by atoms with E-state index in [4.69, 9.17) is 9.47 Å². The van der Waals surface area contributed by atoms with E-state index in [9.17, 15) is 0 Å². The van der Waals surface area contributed by atoms with Crippen LogP contribution in [0.2, 0.25) is 0 Å². The van der Waals surface area contributed by atoms with Crippen molar-refractivity contribution in [2.24, 2.45) is 13.0 Å². The van der Waals surface area contributed by atoms with Crippen LogP contribution in [0.1, 0.15) is 42.2 Å². The lowest BCUT2D eigenvalue weighted by Gasteiger charge is -2.34. The molecule has 1 aromatic carbocycles. The van der Waals surface area contributed by atoms with Crippen molar-refractivity contribution in [3.8, 4) is 5.75 Å². The fourth-order valence-electron chi connectivity index (χ4n) is 4.40. The lowest BCUT2D eigenvalue weighted by Crippen LogP contribution is -2.40. The summed E-state index contributed by atoms with van der Waals surface area (Å²) in [5.74, 6) is 1.47. The fraction of sp³-hybridized carbons (Fsp3) is 0.571. The average Bonchev–Trinajstić information content (AvgIpc) is 3.11. The number of fused-ring (bicyclic) bond motifs is 1. The number of hydrogen-bond acceptors (Lipinski definition) is 4. The normalized spacial score (nSPS) is 25.7. The first kappa shape index (κ1) is 17.6. The molecule has 2 heterocycles. The van der Waals surface area contributed by atoms with E-state index in [0.29, 0.717) is 12.0 Å². The maximum atomic E-state index is 6.12. The summed E-state index contributed by atoms with van der Waals surface area (Å²) in [4.78, 5) is 0. The fourth-order valence-corrected chi connectivity index (χ4v) is 4.40. The van der Waals surface area contributed by atoms with Gasteiger partial charge in [0.1, 0.15) is 11.9 Å². The van der Waals surface area contributed by atoms with Crippen LogP contribution in [0.15, 0.2) is 30.5 Å². The number of aromatic nitrogens is 2. The van der Waals surface area contributed by atoms with Gasteiger partial charge in [-0.15, -0.1) is 0 Å². The summed E-state index contributed by atoms with van der Waals surface area (Å²) in [6.07, 6.45) is 7.79. The maximum absolute atomic E-state index is 6.12. The molecule has 4 rings (SSSR count).